The molecule has 9 heteroatoms. The Morgan fingerprint density at radius 2 is 1.71 bits per heavy atom. The van der Waals surface area contributed by atoms with Crippen LogP contribution < -0.4 is 15.5 Å². The molecule has 0 saturated carbocycles. The van der Waals surface area contributed by atoms with Gasteiger partial charge in [0.15, 0.2) is 5.96 Å². The predicted molar refractivity (Wildman–Crippen MR) is 134 cm³/mol. The van der Waals surface area contributed by atoms with Crippen molar-refractivity contribution in [1.82, 2.24) is 15.5 Å². The molecule has 2 saturated heterocycles. The number of halogens is 2. The van der Waals surface area contributed by atoms with Crippen LogP contribution in [0.25, 0.3) is 0 Å². The Hall–Kier alpha value is -1.17. The molecule has 1 aromatic rings. The van der Waals surface area contributed by atoms with Crippen molar-refractivity contribution >= 4 is 35.6 Å². The van der Waals surface area contributed by atoms with Gasteiger partial charge in [-0.05, 0) is 38.5 Å². The zero-order valence-corrected chi connectivity index (χ0v) is 21.3. The Bertz CT molecular complexity index is 707. The number of morpholine rings is 2. The molecular formula is C22H37FIN5O2. The lowest BCUT2D eigenvalue weighted by Crippen LogP contribution is -2.56. The second-order valence-corrected chi connectivity index (χ2v) is 8.35. The molecule has 3 rings (SSSR count). The molecule has 2 N–H and O–H groups in total. The van der Waals surface area contributed by atoms with Crippen LogP contribution in [0.4, 0.5) is 10.1 Å². The lowest BCUT2D eigenvalue weighted by molar-refractivity contribution is -0.00834. The summed E-state index contributed by atoms with van der Waals surface area (Å²) in [6, 6.07) is 5.40. The maximum absolute atomic E-state index is 14.6. The van der Waals surface area contributed by atoms with E-state index in [0.29, 0.717) is 25.4 Å². The van der Waals surface area contributed by atoms with E-state index in [2.05, 4.69) is 34.4 Å². The van der Waals surface area contributed by atoms with Gasteiger partial charge in [-0.3, -0.25) is 4.90 Å². The summed E-state index contributed by atoms with van der Waals surface area (Å²) in [5.41, 5.74) is 1.49. The van der Waals surface area contributed by atoms with E-state index in [1.165, 1.54) is 0 Å². The average Bonchev–Trinajstić information content (AvgIpc) is 2.77. The van der Waals surface area contributed by atoms with Crippen molar-refractivity contribution in [3.63, 3.8) is 0 Å². The number of hydrogen-bond donors (Lipinski definition) is 2. The first kappa shape index (κ1) is 26.1. The number of nitrogens with one attached hydrogen (secondary N) is 2. The van der Waals surface area contributed by atoms with E-state index < -0.39 is 0 Å². The summed E-state index contributed by atoms with van der Waals surface area (Å²) in [7, 11) is 0. The highest BCUT2D eigenvalue weighted by Crippen LogP contribution is 2.22. The van der Waals surface area contributed by atoms with Crippen molar-refractivity contribution in [2.45, 2.75) is 32.9 Å². The number of guanidine groups is 1. The van der Waals surface area contributed by atoms with Gasteiger partial charge in [0.2, 0.25) is 0 Å². The van der Waals surface area contributed by atoms with Crippen molar-refractivity contribution in [3.05, 3.63) is 29.6 Å². The van der Waals surface area contributed by atoms with Gasteiger partial charge in [-0.15, -0.1) is 24.0 Å². The van der Waals surface area contributed by atoms with Crippen molar-refractivity contribution in [1.29, 1.82) is 0 Å². The summed E-state index contributed by atoms with van der Waals surface area (Å²) in [5.74, 6) is 0.549. The Kier molecular flexibility index (Phi) is 10.7. The first-order valence-corrected chi connectivity index (χ1v) is 11.0. The van der Waals surface area contributed by atoms with Crippen molar-refractivity contribution in [3.8, 4) is 0 Å². The highest BCUT2D eigenvalue weighted by atomic mass is 127. The number of ether oxygens (including phenoxy) is 2. The minimum atomic E-state index is -0.198. The predicted octanol–water partition coefficient (Wildman–Crippen LogP) is 2.45. The molecule has 0 bridgehead atoms. The van der Waals surface area contributed by atoms with Crippen LogP contribution in [0.2, 0.25) is 0 Å². The number of benzene rings is 1. The van der Waals surface area contributed by atoms with Crippen LogP contribution in [0.3, 0.4) is 0 Å². The molecule has 2 aliphatic heterocycles. The number of hydrogen-bond acceptors (Lipinski definition) is 5. The molecule has 0 radical (unpaired) electrons. The first-order chi connectivity index (χ1) is 14.5. The first-order valence-electron chi connectivity index (χ1n) is 11.0. The lowest BCUT2D eigenvalue weighted by Gasteiger charge is -2.41. The smallest absolute Gasteiger partial charge is 0.191 e. The standard InChI is InChI=1S/C22H36FN5O2.HI/c1-4-24-21(26-17-22(2,3)28-9-13-30-14-10-28)25-16-18-5-6-20(19(23)15-18)27-7-11-29-12-8-27;/h5-6,15H,4,7-14,16-17H2,1-3H3,(H2,24,25,26);1H. The molecule has 7 nitrogen and oxygen atoms in total. The molecule has 2 heterocycles. The van der Waals surface area contributed by atoms with E-state index >= 15 is 0 Å². The SMILES string of the molecule is CCNC(=NCc1ccc(N2CCOCC2)c(F)c1)NCC(C)(C)N1CCOCC1.I. The number of anilines is 1. The van der Waals surface area contributed by atoms with E-state index in [1.54, 1.807) is 6.07 Å². The average molecular weight is 549 g/mol. The van der Waals surface area contributed by atoms with Crippen LogP contribution in [0.15, 0.2) is 23.2 Å². The monoisotopic (exact) mass is 549 g/mol. The van der Waals surface area contributed by atoms with Gasteiger partial charge in [0.05, 0.1) is 38.7 Å². The second-order valence-electron chi connectivity index (χ2n) is 8.35. The molecule has 31 heavy (non-hydrogen) atoms. The van der Waals surface area contributed by atoms with E-state index in [4.69, 9.17) is 9.47 Å². The zero-order valence-electron chi connectivity index (χ0n) is 19.0. The fraction of sp³-hybridized carbons (Fsp3) is 0.682. The van der Waals surface area contributed by atoms with Crippen molar-refractivity contribution in [2.24, 2.45) is 4.99 Å². The van der Waals surface area contributed by atoms with Crippen molar-refractivity contribution in [2.75, 3.05) is 70.6 Å². The molecule has 0 amide bonds. The van der Waals surface area contributed by atoms with Gasteiger partial charge in [0.25, 0.3) is 0 Å². The van der Waals surface area contributed by atoms with Crippen LogP contribution in [0.5, 0.6) is 0 Å². The fourth-order valence-electron chi connectivity index (χ4n) is 3.80. The summed E-state index contributed by atoms with van der Waals surface area (Å²) >= 11 is 0. The Morgan fingerprint density at radius 3 is 2.32 bits per heavy atom. The molecule has 0 atom stereocenters. The number of aliphatic imine (C=N–C) groups is 1. The minimum absolute atomic E-state index is 0. The molecule has 2 aliphatic rings. The van der Waals surface area contributed by atoms with E-state index in [9.17, 15) is 4.39 Å². The maximum Gasteiger partial charge on any atom is 0.191 e. The molecule has 0 spiro atoms. The molecule has 176 valence electrons. The zero-order chi connectivity index (χ0) is 21.4. The topological polar surface area (TPSA) is 61.4 Å². The Morgan fingerprint density at radius 1 is 1.06 bits per heavy atom. The molecule has 0 aliphatic carbocycles. The van der Waals surface area contributed by atoms with Gasteiger partial charge in [-0.1, -0.05) is 6.07 Å². The third kappa shape index (κ3) is 7.73. The van der Waals surface area contributed by atoms with Crippen LogP contribution in [0.1, 0.15) is 26.3 Å². The van der Waals surface area contributed by atoms with Gasteiger partial charge >= 0.3 is 0 Å². The quantitative estimate of drug-likeness (QED) is 0.310. The maximum atomic E-state index is 14.6. The van der Waals surface area contributed by atoms with Crippen molar-refractivity contribution < 1.29 is 13.9 Å². The van der Waals surface area contributed by atoms with Gasteiger partial charge in [-0.25, -0.2) is 9.38 Å². The highest BCUT2D eigenvalue weighted by molar-refractivity contribution is 14.0. The van der Waals surface area contributed by atoms with Crippen LogP contribution in [-0.4, -0.2) is 82.1 Å². The number of rotatable bonds is 7. The lowest BCUT2D eigenvalue weighted by atomic mass is 10.0. The molecule has 0 aromatic heterocycles. The minimum Gasteiger partial charge on any atom is -0.379 e. The Balaban J connectivity index is 0.00000341. The summed E-state index contributed by atoms with van der Waals surface area (Å²) in [4.78, 5) is 9.14. The molecular weight excluding hydrogens is 512 g/mol. The normalized spacial score (nSPS) is 18.5. The summed E-state index contributed by atoms with van der Waals surface area (Å²) in [6.07, 6.45) is 0. The van der Waals surface area contributed by atoms with Gasteiger partial charge < -0.3 is 25.0 Å². The third-order valence-electron chi connectivity index (χ3n) is 5.68. The second kappa shape index (κ2) is 12.8. The summed E-state index contributed by atoms with van der Waals surface area (Å²) < 4.78 is 25.5. The van der Waals surface area contributed by atoms with Crippen LogP contribution in [-0.2, 0) is 16.0 Å². The van der Waals surface area contributed by atoms with Crippen LogP contribution >= 0.6 is 24.0 Å². The van der Waals surface area contributed by atoms with E-state index in [0.717, 1.165) is 64.0 Å². The summed E-state index contributed by atoms with van der Waals surface area (Å²) in [6.45, 7) is 14.6. The summed E-state index contributed by atoms with van der Waals surface area (Å²) in [5, 5.41) is 6.73. The molecule has 1 aromatic carbocycles. The van der Waals surface area contributed by atoms with Gasteiger partial charge in [0.1, 0.15) is 5.82 Å². The largest absolute Gasteiger partial charge is 0.379 e. The Labute approximate surface area is 202 Å². The molecule has 2 fully saturated rings. The highest BCUT2D eigenvalue weighted by Gasteiger charge is 2.28. The van der Waals surface area contributed by atoms with Crippen LogP contribution in [0, 0.1) is 5.82 Å². The molecule has 0 unspecified atom stereocenters. The van der Waals surface area contributed by atoms with E-state index in [-0.39, 0.29) is 35.3 Å². The fourth-order valence-corrected chi connectivity index (χ4v) is 3.80. The number of nitrogens with zero attached hydrogens (tertiary/aromatic N) is 3. The van der Waals surface area contributed by atoms with Gasteiger partial charge in [-0.2, -0.15) is 0 Å². The third-order valence-corrected chi connectivity index (χ3v) is 5.68. The van der Waals surface area contributed by atoms with E-state index in [1.807, 2.05) is 24.0 Å². The van der Waals surface area contributed by atoms with Gasteiger partial charge in [0, 0.05) is 44.8 Å².